The third kappa shape index (κ3) is 4.03. The molecule has 0 radical (unpaired) electrons. The molecule has 1 amide bonds. The minimum Gasteiger partial charge on any atom is -0.493 e. The number of hydrogen-bond acceptors (Lipinski definition) is 5. The molecular weight excluding hydrogens is 398 g/mol. The number of carbonyl (C=O) groups excluding carboxylic acids is 1. The minimum atomic E-state index is -2.96. The van der Waals surface area contributed by atoms with Gasteiger partial charge in [-0.15, -0.1) is 11.3 Å². The average molecular weight is 418 g/mol. The molecule has 0 N–H and O–H groups in total. The number of aromatic nitrogens is 1. The molecule has 1 aliphatic heterocycles. The van der Waals surface area contributed by atoms with Crippen molar-refractivity contribution in [3.63, 3.8) is 0 Å². The van der Waals surface area contributed by atoms with Crippen LogP contribution in [0.25, 0.3) is 10.2 Å². The van der Waals surface area contributed by atoms with Crippen molar-refractivity contribution in [1.29, 1.82) is 0 Å². The zero-order chi connectivity index (χ0) is 20.4. The van der Waals surface area contributed by atoms with Gasteiger partial charge in [0.15, 0.2) is 11.5 Å². The molecule has 29 heavy (non-hydrogen) atoms. The molecule has 0 bridgehead atoms. The van der Waals surface area contributed by atoms with Gasteiger partial charge >= 0.3 is 6.61 Å². The van der Waals surface area contributed by atoms with Gasteiger partial charge < -0.3 is 14.4 Å². The number of piperidine rings is 1. The zero-order valence-electron chi connectivity index (χ0n) is 15.8. The standard InChI is InChI=1S/C21H20F2N2O3S/c1-27-17-12-13(9-10-16(17)28-21(22)23)20(26)25-11-5-4-7-15(25)19-24-14-6-2-3-8-18(14)29-19/h2-3,6,8-10,12,15,21H,4-5,7,11H2,1H3. The summed E-state index contributed by atoms with van der Waals surface area (Å²) < 4.78 is 35.8. The molecule has 0 saturated carbocycles. The van der Waals surface area contributed by atoms with Crippen LogP contribution in [-0.4, -0.2) is 36.1 Å². The van der Waals surface area contributed by atoms with Gasteiger partial charge in [-0.25, -0.2) is 4.98 Å². The summed E-state index contributed by atoms with van der Waals surface area (Å²) in [5, 5.41) is 0.920. The number of methoxy groups -OCH3 is 1. The number of hydrogen-bond donors (Lipinski definition) is 0. The van der Waals surface area contributed by atoms with E-state index in [0.717, 1.165) is 34.5 Å². The van der Waals surface area contributed by atoms with Crippen molar-refractivity contribution in [2.75, 3.05) is 13.7 Å². The van der Waals surface area contributed by atoms with Gasteiger partial charge in [-0.05, 0) is 49.6 Å². The topological polar surface area (TPSA) is 51.7 Å². The van der Waals surface area contributed by atoms with Crippen LogP contribution in [0.15, 0.2) is 42.5 Å². The van der Waals surface area contributed by atoms with Crippen LogP contribution in [0.2, 0.25) is 0 Å². The SMILES string of the molecule is COc1cc(C(=O)N2CCCCC2c2nc3ccccc3s2)ccc1OC(F)F. The van der Waals surface area contributed by atoms with Gasteiger partial charge in [0, 0.05) is 12.1 Å². The van der Waals surface area contributed by atoms with Crippen molar-refractivity contribution in [1.82, 2.24) is 9.88 Å². The molecule has 1 aromatic heterocycles. The van der Waals surface area contributed by atoms with Crippen LogP contribution >= 0.6 is 11.3 Å². The number of para-hydroxylation sites is 1. The Morgan fingerprint density at radius 1 is 1.21 bits per heavy atom. The third-order valence-electron chi connectivity index (χ3n) is 4.99. The van der Waals surface area contributed by atoms with Crippen molar-refractivity contribution in [2.45, 2.75) is 31.9 Å². The number of halogens is 2. The number of nitrogens with zero attached hydrogens (tertiary/aromatic N) is 2. The Morgan fingerprint density at radius 2 is 2.03 bits per heavy atom. The maximum atomic E-state index is 13.3. The Balaban J connectivity index is 1.63. The molecule has 152 valence electrons. The smallest absolute Gasteiger partial charge is 0.387 e. The molecule has 0 spiro atoms. The molecule has 0 aliphatic carbocycles. The number of benzene rings is 2. The number of ether oxygens (including phenoxy) is 2. The van der Waals surface area contributed by atoms with E-state index in [0.29, 0.717) is 12.1 Å². The van der Waals surface area contributed by atoms with Crippen LogP contribution in [-0.2, 0) is 0 Å². The first kappa shape index (κ1) is 19.6. The van der Waals surface area contributed by atoms with Crippen molar-refractivity contribution in [3.8, 4) is 11.5 Å². The molecule has 1 aliphatic rings. The highest BCUT2D eigenvalue weighted by Crippen LogP contribution is 2.37. The molecule has 8 heteroatoms. The molecule has 2 heterocycles. The average Bonchev–Trinajstić information content (AvgIpc) is 3.17. The predicted octanol–water partition coefficient (Wildman–Crippen LogP) is 5.27. The first-order valence-corrected chi connectivity index (χ1v) is 10.2. The maximum Gasteiger partial charge on any atom is 0.387 e. The van der Waals surface area contributed by atoms with Crippen LogP contribution in [0.5, 0.6) is 11.5 Å². The quantitative estimate of drug-likeness (QED) is 0.566. The second-order valence-corrected chi connectivity index (χ2v) is 7.84. The number of fused-ring (bicyclic) bond motifs is 1. The van der Waals surface area contributed by atoms with Crippen LogP contribution in [0.1, 0.15) is 40.7 Å². The van der Waals surface area contributed by atoms with E-state index >= 15 is 0 Å². The molecule has 3 aromatic rings. The molecular formula is C21H20F2N2O3S. The summed E-state index contributed by atoms with van der Waals surface area (Å²) in [6, 6.07) is 12.1. The molecule has 4 rings (SSSR count). The Morgan fingerprint density at radius 3 is 2.79 bits per heavy atom. The fourth-order valence-corrected chi connectivity index (χ4v) is 4.74. The van der Waals surface area contributed by atoms with Crippen molar-refractivity contribution < 1.29 is 23.0 Å². The number of carbonyl (C=O) groups is 1. The van der Waals surface area contributed by atoms with E-state index < -0.39 is 6.61 Å². The summed E-state index contributed by atoms with van der Waals surface area (Å²) in [6.45, 7) is -2.34. The van der Waals surface area contributed by atoms with E-state index in [-0.39, 0.29) is 23.4 Å². The Bertz CT molecular complexity index is 991. The lowest BCUT2D eigenvalue weighted by Crippen LogP contribution is -2.38. The fourth-order valence-electron chi connectivity index (χ4n) is 3.62. The Labute approximate surface area is 170 Å². The van der Waals surface area contributed by atoms with Crippen LogP contribution in [0, 0.1) is 0 Å². The molecule has 1 fully saturated rings. The first-order chi connectivity index (χ1) is 14.1. The van der Waals surface area contributed by atoms with Crippen molar-refractivity contribution in [2.24, 2.45) is 0 Å². The molecule has 1 atom stereocenters. The van der Waals surface area contributed by atoms with Crippen LogP contribution in [0.3, 0.4) is 0 Å². The lowest BCUT2D eigenvalue weighted by atomic mass is 10.0. The van der Waals surface area contributed by atoms with Gasteiger partial charge in [0.2, 0.25) is 0 Å². The van der Waals surface area contributed by atoms with Gasteiger partial charge in [-0.2, -0.15) is 8.78 Å². The second kappa shape index (κ2) is 8.32. The molecule has 2 aromatic carbocycles. The van der Waals surface area contributed by atoms with E-state index in [1.807, 2.05) is 29.2 Å². The van der Waals surface area contributed by atoms with Gasteiger partial charge in [-0.3, -0.25) is 4.79 Å². The van der Waals surface area contributed by atoms with Crippen molar-refractivity contribution in [3.05, 3.63) is 53.0 Å². The monoisotopic (exact) mass is 418 g/mol. The van der Waals surface area contributed by atoms with E-state index in [1.165, 1.54) is 25.3 Å². The normalized spacial score (nSPS) is 17.0. The van der Waals surface area contributed by atoms with Crippen LogP contribution < -0.4 is 9.47 Å². The van der Waals surface area contributed by atoms with E-state index in [1.54, 1.807) is 11.3 Å². The van der Waals surface area contributed by atoms with E-state index in [2.05, 4.69) is 4.74 Å². The lowest BCUT2D eigenvalue weighted by Gasteiger charge is -2.34. The van der Waals surface area contributed by atoms with Gasteiger partial charge in [-0.1, -0.05) is 12.1 Å². The highest BCUT2D eigenvalue weighted by atomic mass is 32.1. The number of alkyl halides is 2. The molecule has 1 unspecified atom stereocenters. The zero-order valence-corrected chi connectivity index (χ0v) is 16.6. The minimum absolute atomic E-state index is 0.0968. The van der Waals surface area contributed by atoms with Gasteiger partial charge in [0.05, 0.1) is 23.4 Å². The maximum absolute atomic E-state index is 13.3. The summed E-state index contributed by atoms with van der Waals surface area (Å²) >= 11 is 1.60. The summed E-state index contributed by atoms with van der Waals surface area (Å²) in [7, 11) is 1.35. The number of rotatable bonds is 5. The highest BCUT2D eigenvalue weighted by molar-refractivity contribution is 7.18. The van der Waals surface area contributed by atoms with Crippen LogP contribution in [0.4, 0.5) is 8.78 Å². The van der Waals surface area contributed by atoms with Gasteiger partial charge in [0.25, 0.3) is 5.91 Å². The first-order valence-electron chi connectivity index (χ1n) is 9.36. The summed E-state index contributed by atoms with van der Waals surface area (Å²) in [5.41, 5.74) is 1.30. The third-order valence-corrected chi connectivity index (χ3v) is 6.12. The number of amides is 1. The summed E-state index contributed by atoms with van der Waals surface area (Å²) in [4.78, 5) is 19.8. The summed E-state index contributed by atoms with van der Waals surface area (Å²) in [6.07, 6.45) is 2.78. The Kier molecular flexibility index (Phi) is 5.62. The Hall–Kier alpha value is -2.74. The molecule has 1 saturated heterocycles. The number of thiazole rings is 1. The van der Waals surface area contributed by atoms with E-state index in [9.17, 15) is 13.6 Å². The predicted molar refractivity (Wildman–Crippen MR) is 107 cm³/mol. The summed E-state index contributed by atoms with van der Waals surface area (Å²) in [5.74, 6) is -0.166. The fraction of sp³-hybridized carbons (Fsp3) is 0.333. The largest absolute Gasteiger partial charge is 0.493 e. The van der Waals surface area contributed by atoms with E-state index in [4.69, 9.17) is 9.72 Å². The number of likely N-dealkylation sites (tertiary alicyclic amines) is 1. The van der Waals surface area contributed by atoms with Gasteiger partial charge in [0.1, 0.15) is 5.01 Å². The second-order valence-electron chi connectivity index (χ2n) is 6.77. The van der Waals surface area contributed by atoms with Crippen molar-refractivity contribution >= 4 is 27.5 Å². The lowest BCUT2D eigenvalue weighted by molar-refractivity contribution is -0.0512. The highest BCUT2D eigenvalue weighted by Gasteiger charge is 2.31. The molecule has 5 nitrogen and oxygen atoms in total.